The van der Waals surface area contributed by atoms with Crippen molar-refractivity contribution < 1.29 is 4.79 Å². The number of nitrogens with two attached hydrogens (primary N) is 1. The van der Waals surface area contributed by atoms with Crippen molar-refractivity contribution in [1.29, 1.82) is 0 Å². The molecule has 1 aliphatic rings. The molecule has 3 N–H and O–H groups in total. The second-order valence-electron chi connectivity index (χ2n) is 5.27. The Morgan fingerprint density at radius 3 is 2.78 bits per heavy atom. The maximum Gasteiger partial charge on any atom is 0.240 e. The quantitative estimate of drug-likeness (QED) is 0.762. The monoisotopic (exact) mass is 250 g/mol. The summed E-state index contributed by atoms with van der Waals surface area (Å²) in [5.74, 6) is 0.00196. The van der Waals surface area contributed by atoms with Crippen molar-refractivity contribution in [3.05, 3.63) is 17.5 Å². The molecular weight excluding hydrogens is 228 g/mol. The van der Waals surface area contributed by atoms with E-state index in [0.29, 0.717) is 6.54 Å². The van der Waals surface area contributed by atoms with Crippen LogP contribution in [0.4, 0.5) is 0 Å². The number of nitrogens with zero attached hydrogens (tertiary/aromatic N) is 2. The van der Waals surface area contributed by atoms with Crippen molar-refractivity contribution in [2.45, 2.75) is 51.6 Å². The third kappa shape index (κ3) is 2.72. The number of hydrogen-bond acceptors (Lipinski definition) is 3. The molecule has 1 aliphatic carbocycles. The number of aryl methyl sites for hydroxylation is 3. The van der Waals surface area contributed by atoms with Gasteiger partial charge in [0, 0.05) is 18.8 Å². The van der Waals surface area contributed by atoms with Crippen molar-refractivity contribution in [1.82, 2.24) is 15.1 Å². The van der Waals surface area contributed by atoms with E-state index in [1.165, 1.54) is 0 Å². The Hall–Kier alpha value is -1.36. The van der Waals surface area contributed by atoms with Gasteiger partial charge in [-0.3, -0.25) is 9.48 Å². The molecule has 1 heterocycles. The van der Waals surface area contributed by atoms with Crippen LogP contribution in [0.25, 0.3) is 0 Å². The maximum atomic E-state index is 11.8. The summed E-state index contributed by atoms with van der Waals surface area (Å²) < 4.78 is 1.98. The normalized spacial score (nSPS) is 17.3. The van der Waals surface area contributed by atoms with Gasteiger partial charge in [-0.05, 0) is 45.6 Å². The smallest absolute Gasteiger partial charge is 0.240 e. The molecule has 1 aromatic heterocycles. The molecule has 1 amide bonds. The molecule has 0 aromatic carbocycles. The zero-order valence-electron chi connectivity index (χ0n) is 11.2. The number of nitrogens with one attached hydrogen (secondary N) is 1. The maximum absolute atomic E-state index is 11.8. The largest absolute Gasteiger partial charge is 0.354 e. The molecule has 0 unspecified atom stereocenters. The summed E-state index contributed by atoms with van der Waals surface area (Å²) in [6, 6.07) is 2.06. The summed E-state index contributed by atoms with van der Waals surface area (Å²) in [5.41, 5.74) is 7.55. The molecule has 1 saturated carbocycles. The van der Waals surface area contributed by atoms with E-state index in [4.69, 9.17) is 5.73 Å². The van der Waals surface area contributed by atoms with Gasteiger partial charge in [0.25, 0.3) is 0 Å². The average molecular weight is 250 g/mol. The van der Waals surface area contributed by atoms with Crippen LogP contribution in [0.3, 0.4) is 0 Å². The molecule has 18 heavy (non-hydrogen) atoms. The molecule has 1 fully saturated rings. The number of hydrogen-bond donors (Lipinski definition) is 2. The van der Waals surface area contributed by atoms with Crippen LogP contribution in [0.2, 0.25) is 0 Å². The van der Waals surface area contributed by atoms with Crippen LogP contribution in [0.1, 0.15) is 37.1 Å². The topological polar surface area (TPSA) is 72.9 Å². The molecular formula is C13H22N4O. The third-order valence-corrected chi connectivity index (χ3v) is 3.63. The van der Waals surface area contributed by atoms with Crippen molar-refractivity contribution in [2.24, 2.45) is 5.73 Å². The van der Waals surface area contributed by atoms with E-state index in [1.54, 1.807) is 0 Å². The van der Waals surface area contributed by atoms with Gasteiger partial charge in [0.1, 0.15) is 0 Å². The molecule has 1 aromatic rings. The summed E-state index contributed by atoms with van der Waals surface area (Å²) in [6.45, 7) is 5.52. The summed E-state index contributed by atoms with van der Waals surface area (Å²) in [6.07, 6.45) is 3.58. The minimum atomic E-state index is -0.585. The molecule has 0 atom stereocenters. The standard InChI is InChI=1S/C13H22N4O/c1-10-9-11(2)17(16-10)8-4-7-15-12(18)13(14)5-3-6-13/h9H,3-8,14H2,1-2H3,(H,15,18). The predicted octanol–water partition coefficient (Wildman–Crippen LogP) is 0.888. The van der Waals surface area contributed by atoms with Gasteiger partial charge in [0.05, 0.1) is 11.2 Å². The van der Waals surface area contributed by atoms with E-state index < -0.39 is 5.54 Å². The van der Waals surface area contributed by atoms with Crippen LogP contribution in [-0.2, 0) is 11.3 Å². The molecule has 2 rings (SSSR count). The number of amides is 1. The Morgan fingerprint density at radius 2 is 2.28 bits per heavy atom. The molecule has 5 heteroatoms. The zero-order valence-corrected chi connectivity index (χ0v) is 11.2. The second kappa shape index (κ2) is 5.10. The lowest BCUT2D eigenvalue weighted by molar-refractivity contribution is -0.129. The average Bonchev–Trinajstić information content (AvgIpc) is 2.60. The Kier molecular flexibility index (Phi) is 3.71. The van der Waals surface area contributed by atoms with Gasteiger partial charge in [-0.2, -0.15) is 5.10 Å². The van der Waals surface area contributed by atoms with E-state index in [1.807, 2.05) is 18.5 Å². The minimum absolute atomic E-state index is 0.00196. The zero-order chi connectivity index (χ0) is 13.2. The van der Waals surface area contributed by atoms with Crippen molar-refractivity contribution in [3.63, 3.8) is 0 Å². The molecule has 0 bridgehead atoms. The highest BCUT2D eigenvalue weighted by Gasteiger charge is 2.39. The lowest BCUT2D eigenvalue weighted by Gasteiger charge is -2.36. The van der Waals surface area contributed by atoms with Crippen LogP contribution in [0.5, 0.6) is 0 Å². The van der Waals surface area contributed by atoms with Crippen LogP contribution < -0.4 is 11.1 Å². The minimum Gasteiger partial charge on any atom is -0.354 e. The fraction of sp³-hybridized carbons (Fsp3) is 0.692. The van der Waals surface area contributed by atoms with E-state index >= 15 is 0 Å². The van der Waals surface area contributed by atoms with E-state index in [9.17, 15) is 4.79 Å². The van der Waals surface area contributed by atoms with E-state index in [2.05, 4.69) is 16.5 Å². The van der Waals surface area contributed by atoms with Crippen molar-refractivity contribution in [3.8, 4) is 0 Å². The molecule has 0 aliphatic heterocycles. The lowest BCUT2D eigenvalue weighted by Crippen LogP contribution is -2.58. The van der Waals surface area contributed by atoms with Crippen LogP contribution in [0.15, 0.2) is 6.07 Å². The summed E-state index contributed by atoms with van der Waals surface area (Å²) in [7, 11) is 0. The first-order valence-corrected chi connectivity index (χ1v) is 6.59. The number of rotatable bonds is 5. The first-order valence-electron chi connectivity index (χ1n) is 6.59. The Labute approximate surface area is 108 Å². The SMILES string of the molecule is Cc1cc(C)n(CCCNC(=O)C2(N)CCC2)n1. The highest BCUT2D eigenvalue weighted by atomic mass is 16.2. The lowest BCUT2D eigenvalue weighted by atomic mass is 9.77. The first-order chi connectivity index (χ1) is 8.51. The van der Waals surface area contributed by atoms with Gasteiger partial charge in [-0.1, -0.05) is 0 Å². The number of carbonyl (C=O) groups excluding carboxylic acids is 1. The molecule has 5 nitrogen and oxygen atoms in total. The predicted molar refractivity (Wildman–Crippen MR) is 70.1 cm³/mol. The summed E-state index contributed by atoms with van der Waals surface area (Å²) >= 11 is 0. The van der Waals surface area contributed by atoms with Crippen LogP contribution in [0, 0.1) is 13.8 Å². The van der Waals surface area contributed by atoms with Gasteiger partial charge in [0.15, 0.2) is 0 Å². The van der Waals surface area contributed by atoms with Crippen LogP contribution >= 0.6 is 0 Å². The van der Waals surface area contributed by atoms with Crippen LogP contribution in [-0.4, -0.2) is 27.8 Å². The fourth-order valence-electron chi connectivity index (χ4n) is 2.29. The van der Waals surface area contributed by atoms with Gasteiger partial charge in [-0.25, -0.2) is 0 Å². The molecule has 0 saturated heterocycles. The highest BCUT2D eigenvalue weighted by molar-refractivity contribution is 5.86. The Morgan fingerprint density at radius 1 is 1.56 bits per heavy atom. The van der Waals surface area contributed by atoms with Gasteiger partial charge in [-0.15, -0.1) is 0 Å². The highest BCUT2D eigenvalue weighted by Crippen LogP contribution is 2.28. The van der Waals surface area contributed by atoms with E-state index in [-0.39, 0.29) is 5.91 Å². The van der Waals surface area contributed by atoms with Gasteiger partial charge >= 0.3 is 0 Å². The Bertz CT molecular complexity index is 434. The summed E-state index contributed by atoms with van der Waals surface area (Å²) in [5, 5.41) is 7.30. The third-order valence-electron chi connectivity index (χ3n) is 3.63. The fourth-order valence-corrected chi connectivity index (χ4v) is 2.29. The molecule has 100 valence electrons. The van der Waals surface area contributed by atoms with E-state index in [0.717, 1.165) is 43.6 Å². The molecule has 0 radical (unpaired) electrons. The second-order valence-corrected chi connectivity index (χ2v) is 5.27. The number of carbonyl (C=O) groups is 1. The van der Waals surface area contributed by atoms with Crippen molar-refractivity contribution >= 4 is 5.91 Å². The Balaban J connectivity index is 1.70. The van der Waals surface area contributed by atoms with Crippen molar-refractivity contribution in [2.75, 3.05) is 6.54 Å². The molecule has 0 spiro atoms. The summed E-state index contributed by atoms with van der Waals surface area (Å²) in [4.78, 5) is 11.8. The van der Waals surface area contributed by atoms with Gasteiger partial charge < -0.3 is 11.1 Å². The first kappa shape index (κ1) is 13.1. The number of aromatic nitrogens is 2. The van der Waals surface area contributed by atoms with Gasteiger partial charge in [0.2, 0.25) is 5.91 Å².